The van der Waals surface area contributed by atoms with Crippen LogP contribution in [0.1, 0.15) is 36.4 Å². The van der Waals surface area contributed by atoms with E-state index in [1.807, 2.05) is 36.0 Å². The number of pyridine rings is 1. The Morgan fingerprint density at radius 2 is 2.22 bits per heavy atom. The van der Waals surface area contributed by atoms with Gasteiger partial charge in [0.2, 0.25) is 0 Å². The second-order valence-corrected chi connectivity index (χ2v) is 7.13. The number of hydrogen-bond acceptors (Lipinski definition) is 5. The number of furan rings is 1. The highest BCUT2D eigenvalue weighted by Gasteiger charge is 2.32. The molecular formula is C19H19BrN4O3. The molecule has 8 heteroatoms. The molecule has 140 valence electrons. The van der Waals surface area contributed by atoms with Gasteiger partial charge in [0.25, 0.3) is 5.91 Å². The minimum atomic E-state index is -0.335. The van der Waals surface area contributed by atoms with Crippen LogP contribution in [0.5, 0.6) is 0 Å². The number of carbonyl (C=O) groups is 1. The predicted molar refractivity (Wildman–Crippen MR) is 104 cm³/mol. The van der Waals surface area contributed by atoms with Gasteiger partial charge in [-0.25, -0.2) is 0 Å². The summed E-state index contributed by atoms with van der Waals surface area (Å²) in [6.45, 7) is 2.72. The molecule has 0 bridgehead atoms. The Bertz CT molecular complexity index is 932. The van der Waals surface area contributed by atoms with Crippen LogP contribution < -0.4 is 5.32 Å². The third-order valence-corrected chi connectivity index (χ3v) is 4.96. The van der Waals surface area contributed by atoms with Crippen LogP contribution in [0.15, 0.2) is 51.8 Å². The van der Waals surface area contributed by atoms with Crippen LogP contribution in [0.25, 0.3) is 11.4 Å². The molecule has 27 heavy (non-hydrogen) atoms. The molecular weight excluding hydrogens is 412 g/mol. The number of nitrogens with one attached hydrogen (secondary N) is 1. The van der Waals surface area contributed by atoms with Gasteiger partial charge in [0, 0.05) is 19.0 Å². The summed E-state index contributed by atoms with van der Waals surface area (Å²) >= 11 is 3.21. The first-order valence-electron chi connectivity index (χ1n) is 8.83. The van der Waals surface area contributed by atoms with E-state index in [-0.39, 0.29) is 23.8 Å². The lowest BCUT2D eigenvalue weighted by molar-refractivity contribution is -0.0226. The van der Waals surface area contributed by atoms with Gasteiger partial charge in [-0.1, -0.05) is 6.07 Å². The maximum absolute atomic E-state index is 12.5. The van der Waals surface area contributed by atoms with Crippen molar-refractivity contribution in [3.8, 4) is 11.4 Å². The molecule has 0 atom stereocenters. The number of nitrogens with zero attached hydrogens (tertiary/aromatic N) is 3. The first kappa shape index (κ1) is 17.9. The van der Waals surface area contributed by atoms with Gasteiger partial charge in [0.05, 0.1) is 23.5 Å². The van der Waals surface area contributed by atoms with Crippen molar-refractivity contribution in [2.45, 2.75) is 31.9 Å². The molecule has 0 aliphatic heterocycles. The fourth-order valence-corrected chi connectivity index (χ4v) is 3.41. The van der Waals surface area contributed by atoms with Crippen LogP contribution in [0.3, 0.4) is 0 Å². The van der Waals surface area contributed by atoms with Crippen molar-refractivity contribution < 1.29 is 13.9 Å². The Labute approximate surface area is 164 Å². The average Bonchev–Trinajstić information content (AvgIpc) is 3.25. The SMILES string of the molecule is CCO[C@H]1C[C@@H](n2cc(NC(=O)c3ccc(Br)o3)c(-c3ccccn3)n2)C1. The molecule has 1 saturated carbocycles. The number of amides is 1. The van der Waals surface area contributed by atoms with Gasteiger partial charge in [-0.3, -0.25) is 14.5 Å². The summed E-state index contributed by atoms with van der Waals surface area (Å²) in [5.74, 6) is -0.111. The normalized spacial score (nSPS) is 18.9. The molecule has 1 aliphatic carbocycles. The number of rotatable bonds is 6. The van der Waals surface area contributed by atoms with Crippen molar-refractivity contribution in [2.75, 3.05) is 11.9 Å². The van der Waals surface area contributed by atoms with Crippen molar-refractivity contribution >= 4 is 27.5 Å². The molecule has 0 unspecified atom stereocenters. The molecule has 1 N–H and O–H groups in total. The topological polar surface area (TPSA) is 82.2 Å². The van der Waals surface area contributed by atoms with Gasteiger partial charge in [0.1, 0.15) is 5.69 Å². The van der Waals surface area contributed by atoms with Crippen LogP contribution in [0.2, 0.25) is 0 Å². The van der Waals surface area contributed by atoms with E-state index in [0.29, 0.717) is 21.7 Å². The molecule has 4 rings (SSSR count). The molecule has 0 saturated heterocycles. The van der Waals surface area contributed by atoms with Crippen LogP contribution in [-0.4, -0.2) is 33.4 Å². The summed E-state index contributed by atoms with van der Waals surface area (Å²) in [7, 11) is 0. The third-order valence-electron chi connectivity index (χ3n) is 4.53. The smallest absolute Gasteiger partial charge is 0.291 e. The fraction of sp³-hybridized carbons (Fsp3) is 0.316. The summed E-state index contributed by atoms with van der Waals surface area (Å²) in [5.41, 5.74) is 1.94. The van der Waals surface area contributed by atoms with Crippen LogP contribution in [0, 0.1) is 0 Å². The molecule has 7 nitrogen and oxygen atoms in total. The highest BCUT2D eigenvalue weighted by atomic mass is 79.9. The Kier molecular flexibility index (Phi) is 5.09. The zero-order valence-electron chi connectivity index (χ0n) is 14.8. The van der Waals surface area contributed by atoms with Gasteiger partial charge in [-0.2, -0.15) is 5.10 Å². The molecule has 3 aromatic heterocycles. The average molecular weight is 431 g/mol. The van der Waals surface area contributed by atoms with E-state index >= 15 is 0 Å². The fourth-order valence-electron chi connectivity index (χ4n) is 3.11. The number of aromatic nitrogens is 3. The Balaban J connectivity index is 1.60. The van der Waals surface area contributed by atoms with Crippen molar-refractivity contribution in [3.05, 3.63) is 53.2 Å². The zero-order chi connectivity index (χ0) is 18.8. The standard InChI is InChI=1S/C19H19BrN4O3/c1-2-26-13-9-12(10-13)24-11-15(18(23-24)14-5-3-4-8-21-14)22-19(25)16-6-7-17(20)27-16/h3-8,11-13H,2,9-10H2,1H3,(H,22,25)/t12-,13+. The van der Waals surface area contributed by atoms with E-state index in [0.717, 1.165) is 19.4 Å². The number of hydrogen-bond donors (Lipinski definition) is 1. The predicted octanol–water partition coefficient (Wildman–Crippen LogP) is 4.29. The monoisotopic (exact) mass is 430 g/mol. The lowest BCUT2D eigenvalue weighted by Gasteiger charge is -2.34. The van der Waals surface area contributed by atoms with Crippen molar-refractivity contribution in [3.63, 3.8) is 0 Å². The van der Waals surface area contributed by atoms with Crippen molar-refractivity contribution in [1.82, 2.24) is 14.8 Å². The number of carbonyl (C=O) groups excluding carboxylic acids is 1. The second kappa shape index (κ2) is 7.66. The van der Waals surface area contributed by atoms with Gasteiger partial charge in [-0.05, 0) is 60.0 Å². The van der Waals surface area contributed by atoms with Gasteiger partial charge in [-0.15, -0.1) is 0 Å². The van der Waals surface area contributed by atoms with E-state index < -0.39 is 0 Å². The van der Waals surface area contributed by atoms with Crippen LogP contribution >= 0.6 is 15.9 Å². The molecule has 3 heterocycles. The molecule has 0 radical (unpaired) electrons. The lowest BCUT2D eigenvalue weighted by Crippen LogP contribution is -2.33. The van der Waals surface area contributed by atoms with E-state index in [1.54, 1.807) is 18.3 Å². The maximum atomic E-state index is 12.5. The molecule has 3 aromatic rings. The molecule has 1 amide bonds. The van der Waals surface area contributed by atoms with Gasteiger partial charge >= 0.3 is 0 Å². The Morgan fingerprint density at radius 1 is 1.37 bits per heavy atom. The molecule has 1 aliphatic rings. The third kappa shape index (κ3) is 3.81. The summed E-state index contributed by atoms with van der Waals surface area (Å²) in [5, 5.41) is 7.58. The first-order chi connectivity index (χ1) is 13.1. The highest BCUT2D eigenvalue weighted by Crippen LogP contribution is 2.36. The maximum Gasteiger partial charge on any atom is 0.291 e. The Hall–Kier alpha value is -2.45. The van der Waals surface area contributed by atoms with Gasteiger partial charge < -0.3 is 14.5 Å². The van der Waals surface area contributed by atoms with Crippen molar-refractivity contribution in [2.24, 2.45) is 0 Å². The van der Waals surface area contributed by atoms with Crippen molar-refractivity contribution in [1.29, 1.82) is 0 Å². The molecule has 1 fully saturated rings. The summed E-state index contributed by atoms with van der Waals surface area (Å²) in [6.07, 6.45) is 5.66. The summed E-state index contributed by atoms with van der Waals surface area (Å²) in [4.78, 5) is 16.9. The minimum Gasteiger partial charge on any atom is -0.444 e. The molecule has 0 aromatic carbocycles. The quantitative estimate of drug-likeness (QED) is 0.630. The number of anilines is 1. The van der Waals surface area contributed by atoms with Crippen LogP contribution in [-0.2, 0) is 4.74 Å². The summed E-state index contributed by atoms with van der Waals surface area (Å²) in [6, 6.07) is 9.16. The largest absolute Gasteiger partial charge is 0.444 e. The first-order valence-corrected chi connectivity index (χ1v) is 9.62. The van der Waals surface area contributed by atoms with E-state index in [2.05, 4.69) is 26.2 Å². The molecule has 0 spiro atoms. The van der Waals surface area contributed by atoms with E-state index in [9.17, 15) is 4.79 Å². The second-order valence-electron chi connectivity index (χ2n) is 6.35. The van der Waals surface area contributed by atoms with Crippen LogP contribution in [0.4, 0.5) is 5.69 Å². The van der Waals surface area contributed by atoms with Gasteiger partial charge in [0.15, 0.2) is 10.4 Å². The highest BCUT2D eigenvalue weighted by molar-refractivity contribution is 9.10. The zero-order valence-corrected chi connectivity index (χ0v) is 16.3. The lowest BCUT2D eigenvalue weighted by atomic mass is 9.89. The Morgan fingerprint density at radius 3 is 2.89 bits per heavy atom. The minimum absolute atomic E-state index is 0.224. The number of ether oxygens (including phenoxy) is 1. The van der Waals surface area contributed by atoms with E-state index in [1.165, 1.54) is 0 Å². The number of halogens is 1. The van der Waals surface area contributed by atoms with E-state index in [4.69, 9.17) is 14.3 Å². The summed E-state index contributed by atoms with van der Waals surface area (Å²) < 4.78 is 13.4.